The van der Waals surface area contributed by atoms with E-state index in [1.54, 1.807) is 0 Å². The molecule has 3 heteroatoms. The Labute approximate surface area is 80.7 Å². The minimum absolute atomic E-state index is 0.0353. The van der Waals surface area contributed by atoms with Crippen molar-refractivity contribution in [3.63, 3.8) is 0 Å². The molecule has 1 aliphatic rings. The van der Waals surface area contributed by atoms with Crippen LogP contribution in [0.2, 0.25) is 0 Å². The molecule has 1 heterocycles. The molecule has 13 heavy (non-hydrogen) atoms. The fraction of sp³-hybridized carbons (Fsp3) is 1.00. The van der Waals surface area contributed by atoms with Crippen LogP contribution in [0.5, 0.6) is 0 Å². The average molecular weight is 187 g/mol. The molecule has 0 aromatic heterocycles. The number of nitrogens with zero attached hydrogens (tertiary/aromatic N) is 1. The average Bonchev–Trinajstić information content (AvgIpc) is 2.17. The van der Waals surface area contributed by atoms with Crippen molar-refractivity contribution in [3.05, 3.63) is 0 Å². The zero-order valence-electron chi connectivity index (χ0n) is 8.92. The van der Waals surface area contributed by atoms with Gasteiger partial charge in [-0.3, -0.25) is 4.90 Å². The van der Waals surface area contributed by atoms with Gasteiger partial charge < -0.3 is 9.84 Å². The van der Waals surface area contributed by atoms with Gasteiger partial charge in [0.15, 0.2) is 0 Å². The van der Waals surface area contributed by atoms with Gasteiger partial charge in [-0.15, -0.1) is 0 Å². The summed E-state index contributed by atoms with van der Waals surface area (Å²) in [4.78, 5) is 2.27. The predicted molar refractivity (Wildman–Crippen MR) is 52.8 cm³/mol. The van der Waals surface area contributed by atoms with E-state index in [9.17, 15) is 5.11 Å². The van der Waals surface area contributed by atoms with Crippen LogP contribution in [0.3, 0.4) is 0 Å². The summed E-state index contributed by atoms with van der Waals surface area (Å²) in [6.45, 7) is 6.11. The first kappa shape index (κ1) is 11.0. The summed E-state index contributed by atoms with van der Waals surface area (Å²) in [6, 6.07) is 0.477. The Hall–Kier alpha value is -0.120. The van der Waals surface area contributed by atoms with Gasteiger partial charge in [0.2, 0.25) is 0 Å². The van der Waals surface area contributed by atoms with Gasteiger partial charge in [0.05, 0.1) is 6.61 Å². The largest absolute Gasteiger partial charge is 0.394 e. The predicted octanol–water partition coefficient (Wildman–Crippen LogP) is 0.868. The number of aliphatic hydroxyl groups is 1. The molecule has 0 aromatic carbocycles. The van der Waals surface area contributed by atoms with Gasteiger partial charge in [0, 0.05) is 24.8 Å². The SMILES string of the molecule is CC(C)N(C)C1(CO)CCOCC1. The molecule has 0 aliphatic carbocycles. The van der Waals surface area contributed by atoms with Crippen LogP contribution in [0.15, 0.2) is 0 Å². The van der Waals surface area contributed by atoms with Crippen LogP contribution < -0.4 is 0 Å². The molecule has 1 saturated heterocycles. The standard InChI is InChI=1S/C10H21NO2/c1-9(2)11(3)10(8-12)4-6-13-7-5-10/h9,12H,4-8H2,1-3H3. The quantitative estimate of drug-likeness (QED) is 0.711. The highest BCUT2D eigenvalue weighted by Crippen LogP contribution is 2.27. The number of rotatable bonds is 3. The molecule has 3 nitrogen and oxygen atoms in total. The molecule has 0 bridgehead atoms. The molecular formula is C10H21NO2. The van der Waals surface area contributed by atoms with E-state index < -0.39 is 0 Å². The molecule has 0 unspecified atom stereocenters. The maximum atomic E-state index is 9.46. The first-order chi connectivity index (χ1) is 6.12. The smallest absolute Gasteiger partial charge is 0.0617 e. The molecule has 0 saturated carbocycles. The number of ether oxygens (including phenoxy) is 1. The molecule has 0 spiro atoms. The molecule has 1 N–H and O–H groups in total. The minimum atomic E-state index is -0.0353. The molecule has 0 atom stereocenters. The van der Waals surface area contributed by atoms with Crippen LogP contribution in [0, 0.1) is 0 Å². The van der Waals surface area contributed by atoms with Gasteiger partial charge in [0.1, 0.15) is 0 Å². The third-order valence-electron chi connectivity index (χ3n) is 3.24. The number of likely N-dealkylation sites (N-methyl/N-ethyl adjacent to an activating group) is 1. The molecule has 1 aliphatic heterocycles. The van der Waals surface area contributed by atoms with Gasteiger partial charge in [0.25, 0.3) is 0 Å². The van der Waals surface area contributed by atoms with Crippen LogP contribution >= 0.6 is 0 Å². The van der Waals surface area contributed by atoms with Gasteiger partial charge in [-0.25, -0.2) is 0 Å². The van der Waals surface area contributed by atoms with Crippen molar-refractivity contribution in [2.75, 3.05) is 26.9 Å². The van der Waals surface area contributed by atoms with Gasteiger partial charge in [-0.1, -0.05) is 0 Å². The maximum Gasteiger partial charge on any atom is 0.0617 e. The number of aliphatic hydroxyl groups excluding tert-OH is 1. The van der Waals surface area contributed by atoms with E-state index in [4.69, 9.17) is 4.74 Å². The van der Waals surface area contributed by atoms with E-state index >= 15 is 0 Å². The second-order valence-corrected chi connectivity index (χ2v) is 4.20. The van der Waals surface area contributed by atoms with Crippen LogP contribution in [0.1, 0.15) is 26.7 Å². The van der Waals surface area contributed by atoms with Crippen molar-refractivity contribution in [2.45, 2.75) is 38.3 Å². The Balaban J connectivity index is 2.66. The summed E-state index contributed by atoms with van der Waals surface area (Å²) in [5.74, 6) is 0. The highest BCUT2D eigenvalue weighted by Gasteiger charge is 2.36. The Morgan fingerprint density at radius 3 is 2.31 bits per heavy atom. The summed E-state index contributed by atoms with van der Waals surface area (Å²) < 4.78 is 5.32. The van der Waals surface area contributed by atoms with Crippen LogP contribution in [0.4, 0.5) is 0 Å². The van der Waals surface area contributed by atoms with Crippen molar-refractivity contribution in [2.24, 2.45) is 0 Å². The Kier molecular flexibility index (Phi) is 3.71. The van der Waals surface area contributed by atoms with Crippen LogP contribution in [0.25, 0.3) is 0 Å². The molecule has 1 rings (SSSR count). The lowest BCUT2D eigenvalue weighted by molar-refractivity contribution is -0.0570. The lowest BCUT2D eigenvalue weighted by atomic mass is 9.88. The summed E-state index contributed by atoms with van der Waals surface area (Å²) in [5, 5.41) is 9.46. The maximum absolute atomic E-state index is 9.46. The molecule has 78 valence electrons. The van der Waals surface area contributed by atoms with Crippen molar-refractivity contribution in [1.82, 2.24) is 4.90 Å². The summed E-state index contributed by atoms with van der Waals surface area (Å²) in [7, 11) is 2.09. The van der Waals surface area contributed by atoms with Crippen molar-refractivity contribution in [3.8, 4) is 0 Å². The highest BCUT2D eigenvalue weighted by atomic mass is 16.5. The van der Waals surface area contributed by atoms with E-state index in [1.807, 2.05) is 0 Å². The Bertz CT molecular complexity index is 153. The fourth-order valence-electron chi connectivity index (χ4n) is 1.92. The fourth-order valence-corrected chi connectivity index (χ4v) is 1.92. The van der Waals surface area contributed by atoms with Gasteiger partial charge >= 0.3 is 0 Å². The second-order valence-electron chi connectivity index (χ2n) is 4.20. The summed E-state index contributed by atoms with van der Waals surface area (Å²) in [6.07, 6.45) is 1.89. The number of hydrogen-bond acceptors (Lipinski definition) is 3. The third kappa shape index (κ3) is 2.22. The topological polar surface area (TPSA) is 32.7 Å². The van der Waals surface area contributed by atoms with E-state index in [-0.39, 0.29) is 12.1 Å². The molecule has 1 fully saturated rings. The van der Waals surface area contributed by atoms with Crippen molar-refractivity contribution < 1.29 is 9.84 Å². The summed E-state index contributed by atoms with van der Waals surface area (Å²) >= 11 is 0. The monoisotopic (exact) mass is 187 g/mol. The second kappa shape index (κ2) is 4.40. The van der Waals surface area contributed by atoms with Gasteiger partial charge in [-0.2, -0.15) is 0 Å². The Morgan fingerprint density at radius 1 is 1.38 bits per heavy atom. The first-order valence-electron chi connectivity index (χ1n) is 5.04. The normalized spacial score (nSPS) is 22.6. The van der Waals surface area contributed by atoms with E-state index in [1.165, 1.54) is 0 Å². The van der Waals surface area contributed by atoms with E-state index in [2.05, 4.69) is 25.8 Å². The zero-order valence-corrected chi connectivity index (χ0v) is 8.92. The molecule has 0 amide bonds. The Morgan fingerprint density at radius 2 is 1.92 bits per heavy atom. The van der Waals surface area contributed by atoms with E-state index in [0.717, 1.165) is 26.1 Å². The minimum Gasteiger partial charge on any atom is -0.394 e. The van der Waals surface area contributed by atoms with Crippen molar-refractivity contribution >= 4 is 0 Å². The lowest BCUT2D eigenvalue weighted by Crippen LogP contribution is -2.55. The van der Waals surface area contributed by atoms with Crippen molar-refractivity contribution in [1.29, 1.82) is 0 Å². The third-order valence-corrected chi connectivity index (χ3v) is 3.24. The van der Waals surface area contributed by atoms with E-state index in [0.29, 0.717) is 6.04 Å². The zero-order chi connectivity index (χ0) is 9.90. The van der Waals surface area contributed by atoms with Crippen LogP contribution in [-0.4, -0.2) is 48.5 Å². The van der Waals surface area contributed by atoms with Gasteiger partial charge in [-0.05, 0) is 33.7 Å². The molecule has 0 radical (unpaired) electrons. The highest BCUT2D eigenvalue weighted by molar-refractivity contribution is 4.91. The molecular weight excluding hydrogens is 166 g/mol. The lowest BCUT2D eigenvalue weighted by Gasteiger charge is -2.45. The number of hydrogen-bond donors (Lipinski definition) is 1. The van der Waals surface area contributed by atoms with Crippen LogP contribution in [-0.2, 0) is 4.74 Å². The summed E-state index contributed by atoms with van der Waals surface area (Å²) in [5.41, 5.74) is -0.0353. The first-order valence-corrected chi connectivity index (χ1v) is 5.04. The molecule has 0 aromatic rings.